The molecule has 1 amide bonds. The molecule has 0 heterocycles. The molecule has 1 unspecified atom stereocenters. The highest BCUT2D eigenvalue weighted by atomic mass is 16.2. The molecule has 0 radical (unpaired) electrons. The number of rotatable bonds is 7. The Morgan fingerprint density at radius 3 is 2.07 bits per heavy atom. The van der Waals surface area contributed by atoms with Crippen LogP contribution in [-0.4, -0.2) is 11.7 Å². The molecule has 3 heteroatoms. The van der Waals surface area contributed by atoms with E-state index in [-0.39, 0.29) is 30.6 Å². The standard InChI is InChI=1S/C27H33NO2/c1-2-25(23-13-11-19-7-3-5-9-21(19)17-23)28-27(30)16-15-26(29)24-14-12-20-8-4-6-10-22(20)18-24/h11-14,17-18,25H,2-10,15-16H2,1H3,(H,28,30). The fourth-order valence-corrected chi connectivity index (χ4v) is 4.94. The van der Waals surface area contributed by atoms with Crippen LogP contribution in [0.1, 0.15) is 96.1 Å². The van der Waals surface area contributed by atoms with E-state index >= 15 is 0 Å². The summed E-state index contributed by atoms with van der Waals surface area (Å²) in [7, 11) is 0. The van der Waals surface area contributed by atoms with Gasteiger partial charge in [-0.15, -0.1) is 0 Å². The number of hydrogen-bond donors (Lipinski definition) is 1. The van der Waals surface area contributed by atoms with Gasteiger partial charge >= 0.3 is 0 Å². The molecule has 0 spiro atoms. The second-order valence-electron chi connectivity index (χ2n) is 8.88. The van der Waals surface area contributed by atoms with Crippen LogP contribution in [0, 0.1) is 0 Å². The predicted octanol–water partition coefficient (Wildman–Crippen LogP) is 5.67. The maximum absolute atomic E-state index is 12.6. The summed E-state index contributed by atoms with van der Waals surface area (Å²) in [5.74, 6) is 0.0335. The van der Waals surface area contributed by atoms with Crippen LogP contribution < -0.4 is 5.32 Å². The SMILES string of the molecule is CCC(NC(=O)CCC(=O)c1ccc2c(c1)CCCC2)c1ccc2c(c1)CCCC2. The molecule has 0 aliphatic heterocycles. The van der Waals surface area contributed by atoms with Crippen LogP contribution in [0.2, 0.25) is 0 Å². The molecule has 0 saturated heterocycles. The number of carbonyl (C=O) groups excluding carboxylic acids is 2. The second kappa shape index (κ2) is 9.59. The summed E-state index contributed by atoms with van der Waals surface area (Å²) in [4.78, 5) is 25.2. The summed E-state index contributed by atoms with van der Waals surface area (Å²) in [5, 5.41) is 3.16. The Hall–Kier alpha value is -2.42. The number of benzene rings is 2. The topological polar surface area (TPSA) is 46.2 Å². The number of aryl methyl sites for hydroxylation is 4. The average Bonchev–Trinajstić information content (AvgIpc) is 2.80. The van der Waals surface area contributed by atoms with Crippen molar-refractivity contribution in [2.24, 2.45) is 0 Å². The van der Waals surface area contributed by atoms with Crippen molar-refractivity contribution in [2.45, 2.75) is 83.6 Å². The van der Waals surface area contributed by atoms with E-state index in [9.17, 15) is 9.59 Å². The highest BCUT2D eigenvalue weighted by Crippen LogP contribution is 2.26. The van der Waals surface area contributed by atoms with E-state index in [0.717, 1.165) is 31.2 Å². The molecule has 2 aromatic carbocycles. The molecular weight excluding hydrogens is 370 g/mol. The predicted molar refractivity (Wildman–Crippen MR) is 121 cm³/mol. The lowest BCUT2D eigenvalue weighted by atomic mass is 9.88. The van der Waals surface area contributed by atoms with Crippen molar-refractivity contribution in [3.63, 3.8) is 0 Å². The summed E-state index contributed by atoms with van der Waals surface area (Å²) in [6, 6.07) is 12.8. The Morgan fingerprint density at radius 2 is 1.40 bits per heavy atom. The summed E-state index contributed by atoms with van der Waals surface area (Å²) in [6.07, 6.45) is 10.8. The van der Waals surface area contributed by atoms with Gasteiger partial charge in [-0.25, -0.2) is 0 Å². The van der Waals surface area contributed by atoms with Gasteiger partial charge in [-0.05, 0) is 91.7 Å². The van der Waals surface area contributed by atoms with Crippen molar-refractivity contribution >= 4 is 11.7 Å². The molecule has 3 nitrogen and oxygen atoms in total. The molecule has 0 saturated carbocycles. The van der Waals surface area contributed by atoms with Gasteiger partial charge in [0.1, 0.15) is 0 Å². The van der Waals surface area contributed by atoms with Gasteiger partial charge in [-0.3, -0.25) is 9.59 Å². The van der Waals surface area contributed by atoms with Crippen molar-refractivity contribution in [3.05, 3.63) is 69.8 Å². The zero-order valence-electron chi connectivity index (χ0n) is 18.1. The first kappa shape index (κ1) is 20.8. The van der Waals surface area contributed by atoms with Crippen LogP contribution in [0.3, 0.4) is 0 Å². The van der Waals surface area contributed by atoms with Crippen LogP contribution in [0.25, 0.3) is 0 Å². The van der Waals surface area contributed by atoms with Crippen molar-refractivity contribution in [1.29, 1.82) is 0 Å². The number of nitrogens with one attached hydrogen (secondary N) is 1. The smallest absolute Gasteiger partial charge is 0.220 e. The number of Topliss-reactive ketones (excluding diaryl/α,β-unsaturated/α-hetero) is 1. The number of ketones is 1. The molecular formula is C27H33NO2. The fourth-order valence-electron chi connectivity index (χ4n) is 4.94. The lowest BCUT2D eigenvalue weighted by Crippen LogP contribution is -2.28. The van der Waals surface area contributed by atoms with Crippen molar-refractivity contribution in [1.82, 2.24) is 5.32 Å². The highest BCUT2D eigenvalue weighted by molar-refractivity contribution is 5.98. The minimum Gasteiger partial charge on any atom is -0.349 e. The zero-order chi connectivity index (χ0) is 20.9. The van der Waals surface area contributed by atoms with Gasteiger partial charge in [0, 0.05) is 18.4 Å². The van der Waals surface area contributed by atoms with Crippen LogP contribution >= 0.6 is 0 Å². The Kier molecular flexibility index (Phi) is 6.66. The molecule has 2 aromatic rings. The summed E-state index contributed by atoms with van der Waals surface area (Å²) in [6.45, 7) is 2.10. The van der Waals surface area contributed by atoms with E-state index in [1.54, 1.807) is 0 Å². The maximum atomic E-state index is 12.6. The third kappa shape index (κ3) is 4.83. The summed E-state index contributed by atoms with van der Waals surface area (Å²) >= 11 is 0. The third-order valence-electron chi connectivity index (χ3n) is 6.77. The van der Waals surface area contributed by atoms with Gasteiger partial charge in [0.2, 0.25) is 5.91 Å². The second-order valence-corrected chi connectivity index (χ2v) is 8.88. The Balaban J connectivity index is 1.34. The van der Waals surface area contributed by atoms with Crippen molar-refractivity contribution < 1.29 is 9.59 Å². The molecule has 0 bridgehead atoms. The van der Waals surface area contributed by atoms with E-state index in [0.29, 0.717) is 0 Å². The van der Waals surface area contributed by atoms with E-state index < -0.39 is 0 Å². The number of hydrogen-bond acceptors (Lipinski definition) is 2. The van der Waals surface area contributed by atoms with Crippen LogP contribution in [0.15, 0.2) is 36.4 Å². The first-order chi connectivity index (χ1) is 14.6. The number of carbonyl (C=O) groups is 2. The van der Waals surface area contributed by atoms with Crippen LogP contribution in [0.5, 0.6) is 0 Å². The lowest BCUT2D eigenvalue weighted by Gasteiger charge is -2.21. The largest absolute Gasteiger partial charge is 0.349 e. The molecule has 1 atom stereocenters. The molecule has 1 N–H and O–H groups in total. The summed E-state index contributed by atoms with van der Waals surface area (Å²) < 4.78 is 0. The lowest BCUT2D eigenvalue weighted by molar-refractivity contribution is -0.121. The number of fused-ring (bicyclic) bond motifs is 2. The first-order valence-electron chi connectivity index (χ1n) is 11.7. The van der Waals surface area contributed by atoms with Gasteiger partial charge < -0.3 is 5.32 Å². The van der Waals surface area contributed by atoms with Crippen molar-refractivity contribution in [3.8, 4) is 0 Å². The Bertz CT molecular complexity index is 930. The molecule has 2 aliphatic carbocycles. The molecule has 4 rings (SSSR count). The molecule has 30 heavy (non-hydrogen) atoms. The normalized spacial score (nSPS) is 16.3. The Morgan fingerprint density at radius 1 is 0.800 bits per heavy atom. The summed E-state index contributed by atoms with van der Waals surface area (Å²) in [5.41, 5.74) is 7.54. The van der Waals surface area contributed by atoms with Gasteiger partial charge in [0.25, 0.3) is 0 Å². The highest BCUT2D eigenvalue weighted by Gasteiger charge is 2.18. The minimum atomic E-state index is -0.0362. The monoisotopic (exact) mass is 403 g/mol. The van der Waals surface area contributed by atoms with Gasteiger partial charge in [-0.1, -0.05) is 37.3 Å². The van der Waals surface area contributed by atoms with Gasteiger partial charge in [0.05, 0.1) is 6.04 Å². The molecule has 2 aliphatic rings. The third-order valence-corrected chi connectivity index (χ3v) is 6.77. The van der Waals surface area contributed by atoms with E-state index in [1.165, 1.54) is 59.9 Å². The van der Waals surface area contributed by atoms with Gasteiger partial charge in [0.15, 0.2) is 5.78 Å². The molecule has 158 valence electrons. The van der Waals surface area contributed by atoms with E-state index in [2.05, 4.69) is 42.6 Å². The fraction of sp³-hybridized carbons (Fsp3) is 0.481. The van der Waals surface area contributed by atoms with E-state index in [1.807, 2.05) is 6.07 Å². The average molecular weight is 404 g/mol. The molecule has 0 aromatic heterocycles. The maximum Gasteiger partial charge on any atom is 0.220 e. The first-order valence-corrected chi connectivity index (χ1v) is 11.7. The minimum absolute atomic E-state index is 0.0172. The van der Waals surface area contributed by atoms with Crippen molar-refractivity contribution in [2.75, 3.05) is 0 Å². The van der Waals surface area contributed by atoms with E-state index in [4.69, 9.17) is 0 Å². The quantitative estimate of drug-likeness (QED) is 0.605. The van der Waals surface area contributed by atoms with Gasteiger partial charge in [-0.2, -0.15) is 0 Å². The Labute approximate surface area is 180 Å². The van der Waals surface area contributed by atoms with Crippen LogP contribution in [0.4, 0.5) is 0 Å². The molecule has 0 fully saturated rings. The zero-order valence-corrected chi connectivity index (χ0v) is 18.1. The van der Waals surface area contributed by atoms with Crippen LogP contribution in [-0.2, 0) is 30.5 Å². The number of amides is 1.